The molecule has 2 heterocycles. The summed E-state index contributed by atoms with van der Waals surface area (Å²) in [5, 5.41) is 7.98. The van der Waals surface area contributed by atoms with Gasteiger partial charge in [-0.3, -0.25) is 4.68 Å². The van der Waals surface area contributed by atoms with Crippen molar-refractivity contribution in [1.82, 2.24) is 15.1 Å². The topological polar surface area (TPSA) is 29.9 Å². The highest BCUT2D eigenvalue weighted by molar-refractivity contribution is 7.10. The van der Waals surface area contributed by atoms with Gasteiger partial charge in [-0.1, -0.05) is 6.92 Å². The van der Waals surface area contributed by atoms with Crippen LogP contribution < -0.4 is 5.32 Å². The van der Waals surface area contributed by atoms with E-state index in [4.69, 9.17) is 5.10 Å². The molecule has 1 N–H and O–H groups in total. The van der Waals surface area contributed by atoms with Crippen molar-refractivity contribution >= 4 is 11.3 Å². The molecule has 3 nitrogen and oxygen atoms in total. The van der Waals surface area contributed by atoms with Gasteiger partial charge in [-0.05, 0) is 37.5 Å². The maximum atomic E-state index is 12.9. The van der Waals surface area contributed by atoms with Crippen molar-refractivity contribution in [3.05, 3.63) is 39.6 Å². The zero-order chi connectivity index (χ0) is 13.9. The van der Waals surface area contributed by atoms with Crippen LogP contribution in [0.2, 0.25) is 0 Å². The van der Waals surface area contributed by atoms with Gasteiger partial charge in [-0.25, -0.2) is 0 Å². The Balaban J connectivity index is 1.60. The van der Waals surface area contributed by atoms with Gasteiger partial charge < -0.3 is 5.32 Å². The van der Waals surface area contributed by atoms with Gasteiger partial charge in [0.25, 0.3) is 0 Å². The number of hydrogen-bond donors (Lipinski definition) is 1. The molecule has 1 fully saturated rings. The summed E-state index contributed by atoms with van der Waals surface area (Å²) in [7, 11) is 0. The van der Waals surface area contributed by atoms with Crippen molar-refractivity contribution in [1.29, 1.82) is 0 Å². The Kier molecular flexibility index (Phi) is 4.17. The first kappa shape index (κ1) is 13.8. The summed E-state index contributed by atoms with van der Waals surface area (Å²) in [6.45, 7) is 4.64. The number of aromatic nitrogens is 2. The molecule has 1 saturated carbocycles. The Bertz CT molecular complexity index is 571. The van der Waals surface area contributed by atoms with Gasteiger partial charge in [0.05, 0.1) is 11.4 Å². The van der Waals surface area contributed by atoms with E-state index in [-0.39, 0.29) is 5.13 Å². The average molecular weight is 293 g/mol. The van der Waals surface area contributed by atoms with Crippen molar-refractivity contribution in [3.8, 4) is 0 Å². The normalized spacial score (nSPS) is 14.9. The van der Waals surface area contributed by atoms with E-state index in [0.29, 0.717) is 12.5 Å². The fourth-order valence-electron chi connectivity index (χ4n) is 2.36. The molecule has 0 bridgehead atoms. The fraction of sp³-hybridized carbons (Fsp3) is 0.533. The minimum absolute atomic E-state index is 0.117. The summed E-state index contributed by atoms with van der Waals surface area (Å²) in [6.07, 6.45) is 3.66. The van der Waals surface area contributed by atoms with Crippen LogP contribution in [0.4, 0.5) is 4.39 Å². The number of nitrogens with one attached hydrogen (secondary N) is 1. The second-order valence-electron chi connectivity index (χ2n) is 5.37. The minimum Gasteiger partial charge on any atom is -0.306 e. The number of aryl methyl sites for hydroxylation is 1. The minimum atomic E-state index is -0.117. The van der Waals surface area contributed by atoms with Crippen LogP contribution in [0.3, 0.4) is 0 Å². The molecule has 0 aromatic carbocycles. The summed E-state index contributed by atoms with van der Waals surface area (Å²) >= 11 is 1.21. The third kappa shape index (κ3) is 3.27. The van der Waals surface area contributed by atoms with Gasteiger partial charge >= 0.3 is 0 Å². The van der Waals surface area contributed by atoms with Crippen LogP contribution in [0, 0.1) is 5.13 Å². The zero-order valence-electron chi connectivity index (χ0n) is 11.7. The van der Waals surface area contributed by atoms with E-state index < -0.39 is 0 Å². The van der Waals surface area contributed by atoms with Crippen molar-refractivity contribution in [2.24, 2.45) is 0 Å². The highest BCUT2D eigenvalue weighted by atomic mass is 32.1. The van der Waals surface area contributed by atoms with E-state index >= 15 is 0 Å². The first-order chi connectivity index (χ1) is 9.76. The van der Waals surface area contributed by atoms with Crippen LogP contribution in [-0.2, 0) is 19.6 Å². The van der Waals surface area contributed by atoms with Crippen LogP contribution in [0.5, 0.6) is 0 Å². The quantitative estimate of drug-likeness (QED) is 0.844. The van der Waals surface area contributed by atoms with E-state index in [2.05, 4.69) is 23.0 Å². The van der Waals surface area contributed by atoms with Crippen LogP contribution in [0.15, 0.2) is 18.2 Å². The number of thiophene rings is 1. The van der Waals surface area contributed by atoms with E-state index in [1.54, 1.807) is 0 Å². The summed E-state index contributed by atoms with van der Waals surface area (Å²) in [6, 6.07) is 5.59. The molecule has 5 heteroatoms. The average Bonchev–Trinajstić information content (AvgIpc) is 3.09. The van der Waals surface area contributed by atoms with Crippen LogP contribution in [-0.4, -0.2) is 9.78 Å². The van der Waals surface area contributed by atoms with Crippen molar-refractivity contribution < 1.29 is 4.39 Å². The van der Waals surface area contributed by atoms with E-state index in [9.17, 15) is 4.39 Å². The Morgan fingerprint density at radius 1 is 1.40 bits per heavy atom. The number of hydrogen-bond acceptors (Lipinski definition) is 3. The van der Waals surface area contributed by atoms with Crippen molar-refractivity contribution in [2.75, 3.05) is 0 Å². The molecule has 1 aliphatic rings. The molecule has 0 radical (unpaired) electrons. The van der Waals surface area contributed by atoms with E-state index in [0.717, 1.165) is 24.4 Å². The summed E-state index contributed by atoms with van der Waals surface area (Å²) in [5.74, 6) is 0.693. The Morgan fingerprint density at radius 2 is 2.25 bits per heavy atom. The lowest BCUT2D eigenvalue weighted by Crippen LogP contribution is -2.16. The number of rotatable bonds is 7. The second-order valence-corrected chi connectivity index (χ2v) is 6.49. The maximum Gasteiger partial charge on any atom is 0.176 e. The Labute approximate surface area is 122 Å². The SMILES string of the molecule is CCCn1nc(C2CC2)cc1CNCc1ccc(F)s1. The Morgan fingerprint density at radius 3 is 2.90 bits per heavy atom. The maximum absolute atomic E-state index is 12.9. The van der Waals surface area contributed by atoms with Gasteiger partial charge in [0.2, 0.25) is 0 Å². The highest BCUT2D eigenvalue weighted by Gasteiger charge is 2.27. The predicted molar refractivity (Wildman–Crippen MR) is 79.3 cm³/mol. The molecule has 0 atom stereocenters. The molecule has 0 unspecified atom stereocenters. The molecule has 0 spiro atoms. The van der Waals surface area contributed by atoms with Gasteiger partial charge in [0.1, 0.15) is 0 Å². The third-order valence-corrected chi connectivity index (χ3v) is 4.42. The summed E-state index contributed by atoms with van der Waals surface area (Å²) in [5.41, 5.74) is 2.49. The number of nitrogens with zero attached hydrogens (tertiary/aromatic N) is 2. The smallest absolute Gasteiger partial charge is 0.176 e. The molecule has 2 aromatic rings. The van der Waals surface area contributed by atoms with Crippen molar-refractivity contribution in [2.45, 2.75) is 51.7 Å². The molecule has 108 valence electrons. The molecule has 0 saturated heterocycles. The lowest BCUT2D eigenvalue weighted by molar-refractivity contribution is 0.546. The Hall–Kier alpha value is -1.20. The van der Waals surface area contributed by atoms with E-state index in [1.807, 2.05) is 6.07 Å². The van der Waals surface area contributed by atoms with Crippen LogP contribution in [0.25, 0.3) is 0 Å². The molecule has 3 rings (SSSR count). The summed E-state index contributed by atoms with van der Waals surface area (Å²) < 4.78 is 15.0. The van der Waals surface area contributed by atoms with Gasteiger partial charge in [-0.15, -0.1) is 11.3 Å². The fourth-order valence-corrected chi connectivity index (χ4v) is 3.06. The first-order valence-electron chi connectivity index (χ1n) is 7.28. The first-order valence-corrected chi connectivity index (χ1v) is 8.09. The monoisotopic (exact) mass is 293 g/mol. The lowest BCUT2D eigenvalue weighted by Gasteiger charge is -2.06. The summed E-state index contributed by atoms with van der Waals surface area (Å²) in [4.78, 5) is 1.03. The number of halogens is 1. The standard InChI is InChI=1S/C15H20FN3S/c1-2-7-19-12(8-14(18-19)11-3-4-11)9-17-10-13-5-6-15(16)20-13/h5-6,8,11,17H,2-4,7,9-10H2,1H3. The molecule has 2 aromatic heterocycles. The molecule has 20 heavy (non-hydrogen) atoms. The van der Waals surface area contributed by atoms with Gasteiger partial charge in [-0.2, -0.15) is 9.49 Å². The van der Waals surface area contributed by atoms with Gasteiger partial charge in [0.15, 0.2) is 5.13 Å². The van der Waals surface area contributed by atoms with Crippen LogP contribution >= 0.6 is 11.3 Å². The van der Waals surface area contributed by atoms with Crippen LogP contribution in [0.1, 0.15) is 48.4 Å². The molecule has 1 aliphatic carbocycles. The highest BCUT2D eigenvalue weighted by Crippen LogP contribution is 2.39. The largest absolute Gasteiger partial charge is 0.306 e. The van der Waals surface area contributed by atoms with E-state index in [1.165, 1.54) is 41.6 Å². The molecular weight excluding hydrogens is 273 g/mol. The molecule has 0 aliphatic heterocycles. The molecular formula is C15H20FN3S. The predicted octanol–water partition coefficient (Wildman–Crippen LogP) is 3.66. The second kappa shape index (κ2) is 6.06. The lowest BCUT2D eigenvalue weighted by atomic mass is 10.2. The van der Waals surface area contributed by atoms with Crippen molar-refractivity contribution in [3.63, 3.8) is 0 Å². The van der Waals surface area contributed by atoms with Gasteiger partial charge in [0, 0.05) is 30.4 Å². The third-order valence-electron chi connectivity index (χ3n) is 3.55. The molecule has 0 amide bonds. The zero-order valence-corrected chi connectivity index (χ0v) is 12.5.